The monoisotopic (exact) mass is 1370 g/mol. The summed E-state index contributed by atoms with van der Waals surface area (Å²) in [6.45, 7) is 0. The highest BCUT2D eigenvalue weighted by atomic mass is 79.9. The summed E-state index contributed by atoms with van der Waals surface area (Å²) in [5.74, 6) is 0. The molecule has 0 fully saturated rings. The molecule has 6 heteroatoms. The van der Waals surface area contributed by atoms with Crippen LogP contribution < -0.4 is 5.46 Å². The van der Waals surface area contributed by atoms with Crippen LogP contribution in [0.25, 0.3) is 186 Å². The third kappa shape index (κ3) is 11.1. The molecule has 2 aromatic heterocycles. The van der Waals surface area contributed by atoms with Gasteiger partial charge in [0, 0.05) is 37.1 Å². The number of fused-ring (bicyclic) bond motifs is 12. The van der Waals surface area contributed by atoms with Crippen LogP contribution in [-0.4, -0.2) is 17.2 Å². The standard InChI is InChI=1S/C48H30O.C30H21BO2.C18H11BrO/c1-2-16-36-31(12-1)13-10-22-37(36)34-14-9-15-35(30-34)47-42-20-5-3-18-40(42)46(41-19-4-6-21-43(41)47)33-28-26-32(27-29-33)38-23-11-24-44-39-17-7-8-25-45(39)49-48(38)44;32-31(33)30-27-16-5-3-14-25(27)29(26-15-4-6-17-28(26)30)22-12-7-11-21(19-22)24-18-8-10-20-9-1-2-13-23(20)24;19-13-10-8-12(9-11-13)14-5-3-6-16-15-4-1-2-7-17(15)20-18(14)16/h1-30H;1-19,32-33H;1-11H. The second kappa shape index (κ2) is 26.4. The molecule has 4 nitrogen and oxygen atoms in total. The van der Waals surface area contributed by atoms with Crippen LogP contribution in [0.2, 0.25) is 0 Å². The molecule has 20 rings (SSSR count). The van der Waals surface area contributed by atoms with E-state index in [0.29, 0.717) is 5.46 Å². The molecule has 480 valence electrons. The van der Waals surface area contributed by atoms with Crippen LogP contribution in [-0.2, 0) is 0 Å². The molecule has 102 heavy (non-hydrogen) atoms. The number of rotatable bonds is 8. The van der Waals surface area contributed by atoms with Crippen molar-refractivity contribution in [2.75, 3.05) is 0 Å². The van der Waals surface area contributed by atoms with E-state index in [-0.39, 0.29) is 0 Å². The summed E-state index contributed by atoms with van der Waals surface area (Å²) in [5.41, 5.74) is 20.8. The predicted octanol–water partition coefficient (Wildman–Crippen LogP) is 25.9. The Kier molecular flexibility index (Phi) is 16.0. The highest BCUT2D eigenvalue weighted by Crippen LogP contribution is 2.47. The van der Waals surface area contributed by atoms with E-state index in [1.54, 1.807) is 0 Å². The van der Waals surface area contributed by atoms with Gasteiger partial charge in [-0.2, -0.15) is 0 Å². The zero-order valence-electron chi connectivity index (χ0n) is 55.3. The van der Waals surface area contributed by atoms with Crippen molar-refractivity contribution in [3.05, 3.63) is 368 Å². The van der Waals surface area contributed by atoms with Gasteiger partial charge in [0.2, 0.25) is 0 Å². The number of furan rings is 2. The van der Waals surface area contributed by atoms with Gasteiger partial charge in [-0.1, -0.05) is 344 Å². The maximum Gasteiger partial charge on any atom is 0.489 e. The Labute approximate surface area is 598 Å². The lowest BCUT2D eigenvalue weighted by atomic mass is 9.72. The molecule has 18 aromatic carbocycles. The van der Waals surface area contributed by atoms with Crippen molar-refractivity contribution in [3.8, 4) is 77.9 Å². The second-order valence-electron chi connectivity index (χ2n) is 26.0. The first kappa shape index (κ1) is 61.9. The molecule has 0 bridgehead atoms. The van der Waals surface area contributed by atoms with Crippen LogP contribution >= 0.6 is 15.9 Å². The summed E-state index contributed by atoms with van der Waals surface area (Å²) in [6.07, 6.45) is 0. The maximum absolute atomic E-state index is 10.2. The highest BCUT2D eigenvalue weighted by Gasteiger charge is 2.24. The normalized spacial score (nSPS) is 11.5. The lowest BCUT2D eigenvalue weighted by Gasteiger charge is -2.18. The van der Waals surface area contributed by atoms with Crippen molar-refractivity contribution in [1.29, 1.82) is 0 Å². The Bertz CT molecular complexity index is 6500. The summed E-state index contributed by atoms with van der Waals surface area (Å²) in [4.78, 5) is 0. The highest BCUT2D eigenvalue weighted by molar-refractivity contribution is 9.10. The van der Waals surface area contributed by atoms with E-state index < -0.39 is 7.12 Å². The number of halogens is 1. The van der Waals surface area contributed by atoms with Crippen molar-refractivity contribution in [3.63, 3.8) is 0 Å². The molecular formula is C96H62BBrO4. The van der Waals surface area contributed by atoms with Gasteiger partial charge < -0.3 is 18.9 Å². The summed E-state index contributed by atoms with van der Waals surface area (Å²) < 4.78 is 13.5. The van der Waals surface area contributed by atoms with Crippen LogP contribution in [0, 0.1) is 0 Å². The molecule has 0 saturated carbocycles. The molecule has 2 heterocycles. The third-order valence-electron chi connectivity index (χ3n) is 20.1. The van der Waals surface area contributed by atoms with Gasteiger partial charge in [-0.05, 0) is 173 Å². The van der Waals surface area contributed by atoms with Crippen LogP contribution in [0.1, 0.15) is 0 Å². The average molecular weight is 1370 g/mol. The fourth-order valence-corrected chi connectivity index (χ4v) is 15.8. The summed E-state index contributed by atoms with van der Waals surface area (Å²) >= 11 is 3.47. The van der Waals surface area contributed by atoms with Gasteiger partial charge in [-0.25, -0.2) is 0 Å². The molecule has 0 amide bonds. The first-order valence-corrected chi connectivity index (χ1v) is 35.2. The van der Waals surface area contributed by atoms with Crippen LogP contribution in [0.3, 0.4) is 0 Å². The van der Waals surface area contributed by atoms with E-state index in [0.717, 1.165) is 98.1 Å². The number of hydrogen-bond acceptors (Lipinski definition) is 4. The first-order chi connectivity index (χ1) is 50.4. The fourth-order valence-electron chi connectivity index (χ4n) is 15.5. The quantitative estimate of drug-likeness (QED) is 0.118. The minimum atomic E-state index is -1.55. The number of hydrogen-bond donors (Lipinski definition) is 2. The molecule has 0 aliphatic carbocycles. The molecule has 20 aromatic rings. The van der Waals surface area contributed by atoms with Gasteiger partial charge >= 0.3 is 7.12 Å². The Morgan fingerprint density at radius 3 is 0.922 bits per heavy atom. The van der Waals surface area contributed by atoms with Gasteiger partial charge in [0.15, 0.2) is 0 Å². The minimum Gasteiger partial charge on any atom is -0.455 e. The minimum absolute atomic E-state index is 0.551. The zero-order valence-corrected chi connectivity index (χ0v) is 56.9. The molecule has 2 N–H and O–H groups in total. The lowest BCUT2D eigenvalue weighted by Crippen LogP contribution is -2.31. The number of benzene rings is 18. The van der Waals surface area contributed by atoms with Gasteiger partial charge in [0.25, 0.3) is 0 Å². The maximum atomic E-state index is 10.2. The Hall–Kier alpha value is -12.4. The van der Waals surface area contributed by atoms with E-state index >= 15 is 0 Å². The molecule has 0 aliphatic rings. The van der Waals surface area contributed by atoms with Gasteiger partial charge in [-0.15, -0.1) is 0 Å². The van der Waals surface area contributed by atoms with Gasteiger partial charge in [0.1, 0.15) is 22.3 Å². The van der Waals surface area contributed by atoms with Crippen molar-refractivity contribution in [2.45, 2.75) is 0 Å². The summed E-state index contributed by atoms with van der Waals surface area (Å²) in [5, 5.41) is 38.8. The van der Waals surface area contributed by atoms with Crippen LogP contribution in [0.15, 0.2) is 377 Å². The topological polar surface area (TPSA) is 66.7 Å². The fraction of sp³-hybridized carbons (Fsp3) is 0. The Balaban J connectivity index is 0.000000121. The largest absolute Gasteiger partial charge is 0.489 e. The number of para-hydroxylation sites is 4. The van der Waals surface area contributed by atoms with Crippen LogP contribution in [0.5, 0.6) is 0 Å². The van der Waals surface area contributed by atoms with Crippen molar-refractivity contribution >= 4 is 137 Å². The average Bonchev–Trinajstić information content (AvgIpc) is 1.04. The molecule has 0 aliphatic heterocycles. The lowest BCUT2D eigenvalue weighted by molar-refractivity contribution is 0.426. The smallest absolute Gasteiger partial charge is 0.455 e. The molecule has 0 radical (unpaired) electrons. The Morgan fingerprint density at radius 1 is 0.216 bits per heavy atom. The van der Waals surface area contributed by atoms with E-state index in [1.807, 2.05) is 66.7 Å². The van der Waals surface area contributed by atoms with E-state index in [1.165, 1.54) is 92.8 Å². The van der Waals surface area contributed by atoms with Crippen molar-refractivity contribution in [2.24, 2.45) is 0 Å². The molecule has 0 atom stereocenters. The SMILES string of the molecule is Brc1ccc(-c2cccc3c2oc2ccccc23)cc1.OB(O)c1c2ccccc2c(-c2cccc(-c3cccc4ccccc34)c2)c2ccccc12.c1cc(-c2cccc3ccccc23)cc(-c2c3ccccc3c(-c3ccc(-c4cccc5c4oc4ccccc45)cc3)c3ccccc23)c1. The van der Waals surface area contributed by atoms with Gasteiger partial charge in [0.05, 0.1) is 0 Å². The summed E-state index contributed by atoms with van der Waals surface area (Å²) in [6, 6.07) is 128. The van der Waals surface area contributed by atoms with E-state index in [2.05, 4.69) is 313 Å². The van der Waals surface area contributed by atoms with Crippen molar-refractivity contribution < 1.29 is 18.9 Å². The van der Waals surface area contributed by atoms with Gasteiger partial charge in [-0.3, -0.25) is 0 Å². The predicted molar refractivity (Wildman–Crippen MR) is 434 cm³/mol. The molecule has 0 saturated heterocycles. The second-order valence-corrected chi connectivity index (χ2v) is 26.9. The summed E-state index contributed by atoms with van der Waals surface area (Å²) in [7, 11) is -1.55. The van der Waals surface area contributed by atoms with E-state index in [9.17, 15) is 10.0 Å². The zero-order chi connectivity index (χ0) is 68.2. The van der Waals surface area contributed by atoms with Crippen molar-refractivity contribution in [1.82, 2.24) is 0 Å². The van der Waals surface area contributed by atoms with Crippen LogP contribution in [0.4, 0.5) is 0 Å². The van der Waals surface area contributed by atoms with E-state index in [4.69, 9.17) is 8.83 Å². The molecular weight excluding hydrogens is 1310 g/mol. The molecule has 0 unspecified atom stereocenters. The Morgan fingerprint density at radius 2 is 0.500 bits per heavy atom. The first-order valence-electron chi connectivity index (χ1n) is 34.4. The molecule has 0 spiro atoms. The third-order valence-corrected chi connectivity index (χ3v) is 20.6.